The van der Waals surface area contributed by atoms with Crippen molar-refractivity contribution in [2.24, 2.45) is 10.8 Å². The molecule has 0 spiro atoms. The molecule has 0 unspecified atom stereocenters. The van der Waals surface area contributed by atoms with Crippen molar-refractivity contribution >= 4 is 8.60 Å². The molecule has 0 atom stereocenters. The monoisotopic (exact) mass is 354 g/mol. The summed E-state index contributed by atoms with van der Waals surface area (Å²) < 4.78 is 16.3. The third-order valence-corrected chi connectivity index (χ3v) is 6.02. The smallest absolute Gasteiger partial charge is 0.391 e. The largest absolute Gasteiger partial charge is 0.427 e. The molecular formula is C18H27O5P. The second-order valence-electron chi connectivity index (χ2n) is 7.28. The molecule has 5 nitrogen and oxygen atoms in total. The molecule has 0 aliphatic carbocycles. The lowest BCUT2D eigenvalue weighted by atomic mass is 9.73. The Morgan fingerprint density at radius 3 is 2.04 bits per heavy atom. The standard InChI is InChI=1S/C18H27O5P/c1-3-17(10-21-11-17)8-14-6-5-7-16(23-24(19)20)15(14)9-18(4-2)12-22-13-18/h5-7,19-20H,3-4,8-13H2,1-2H3. The zero-order valence-electron chi connectivity index (χ0n) is 14.5. The number of hydrogen-bond acceptors (Lipinski definition) is 5. The summed E-state index contributed by atoms with van der Waals surface area (Å²) in [6, 6.07) is 5.91. The van der Waals surface area contributed by atoms with Crippen LogP contribution in [0.1, 0.15) is 37.8 Å². The first-order valence-electron chi connectivity index (χ1n) is 8.64. The number of benzene rings is 1. The van der Waals surface area contributed by atoms with Crippen LogP contribution in [-0.4, -0.2) is 36.2 Å². The lowest BCUT2D eigenvalue weighted by Gasteiger charge is -2.43. The van der Waals surface area contributed by atoms with Gasteiger partial charge in [0.05, 0.1) is 26.4 Å². The van der Waals surface area contributed by atoms with Crippen molar-refractivity contribution < 1.29 is 23.8 Å². The van der Waals surface area contributed by atoms with Gasteiger partial charge < -0.3 is 23.8 Å². The molecule has 1 aromatic carbocycles. The van der Waals surface area contributed by atoms with Gasteiger partial charge in [-0.1, -0.05) is 26.0 Å². The van der Waals surface area contributed by atoms with Gasteiger partial charge in [-0.3, -0.25) is 0 Å². The van der Waals surface area contributed by atoms with Crippen LogP contribution in [-0.2, 0) is 22.3 Å². The summed E-state index contributed by atoms with van der Waals surface area (Å²) in [4.78, 5) is 18.7. The average Bonchev–Trinajstić information content (AvgIpc) is 2.48. The third-order valence-electron chi connectivity index (χ3n) is 5.66. The molecule has 134 valence electrons. The summed E-state index contributed by atoms with van der Waals surface area (Å²) in [6.07, 6.45) is 3.90. The fourth-order valence-corrected chi connectivity index (χ4v) is 3.92. The lowest BCUT2D eigenvalue weighted by Crippen LogP contribution is -2.45. The van der Waals surface area contributed by atoms with E-state index in [2.05, 4.69) is 19.9 Å². The van der Waals surface area contributed by atoms with E-state index < -0.39 is 8.60 Å². The van der Waals surface area contributed by atoms with Gasteiger partial charge in [0, 0.05) is 10.8 Å². The first kappa shape index (κ1) is 18.1. The van der Waals surface area contributed by atoms with Crippen LogP contribution in [0.2, 0.25) is 0 Å². The first-order chi connectivity index (χ1) is 11.5. The predicted octanol–water partition coefficient (Wildman–Crippen LogP) is 3.22. The highest BCUT2D eigenvalue weighted by Gasteiger charge is 2.41. The van der Waals surface area contributed by atoms with Crippen molar-refractivity contribution in [1.29, 1.82) is 0 Å². The van der Waals surface area contributed by atoms with Crippen LogP contribution in [0.3, 0.4) is 0 Å². The summed E-state index contributed by atoms with van der Waals surface area (Å²) in [5.41, 5.74) is 2.66. The maximum atomic E-state index is 9.34. The number of ether oxygens (including phenoxy) is 2. The van der Waals surface area contributed by atoms with E-state index in [0.717, 1.165) is 57.7 Å². The van der Waals surface area contributed by atoms with E-state index in [1.54, 1.807) is 0 Å². The Hall–Kier alpha value is -0.710. The molecule has 2 aliphatic heterocycles. The molecule has 0 bridgehead atoms. The Balaban J connectivity index is 1.91. The summed E-state index contributed by atoms with van der Waals surface area (Å²) >= 11 is 0. The fraction of sp³-hybridized carbons (Fsp3) is 0.667. The summed E-state index contributed by atoms with van der Waals surface area (Å²) in [7, 11) is -2.42. The Kier molecular flexibility index (Phi) is 5.48. The topological polar surface area (TPSA) is 68.2 Å². The summed E-state index contributed by atoms with van der Waals surface area (Å²) in [6.45, 7) is 7.49. The molecule has 3 rings (SSSR count). The maximum absolute atomic E-state index is 9.34. The number of hydrogen-bond donors (Lipinski definition) is 2. The molecule has 2 heterocycles. The Morgan fingerprint density at radius 2 is 1.58 bits per heavy atom. The van der Waals surface area contributed by atoms with E-state index in [0.29, 0.717) is 5.75 Å². The molecule has 2 fully saturated rings. The van der Waals surface area contributed by atoms with Gasteiger partial charge in [-0.05, 0) is 42.9 Å². The van der Waals surface area contributed by atoms with Gasteiger partial charge in [-0.15, -0.1) is 0 Å². The van der Waals surface area contributed by atoms with Crippen molar-refractivity contribution in [3.63, 3.8) is 0 Å². The highest BCUT2D eigenvalue weighted by atomic mass is 31.2. The summed E-state index contributed by atoms with van der Waals surface area (Å²) in [5, 5.41) is 0. The first-order valence-corrected chi connectivity index (χ1v) is 9.80. The van der Waals surface area contributed by atoms with Crippen molar-refractivity contribution in [2.75, 3.05) is 26.4 Å². The van der Waals surface area contributed by atoms with Gasteiger partial charge >= 0.3 is 8.60 Å². The van der Waals surface area contributed by atoms with Gasteiger partial charge in [0.25, 0.3) is 0 Å². The molecule has 2 N–H and O–H groups in total. The summed E-state index contributed by atoms with van der Waals surface area (Å²) in [5.74, 6) is 0.592. The van der Waals surface area contributed by atoms with E-state index >= 15 is 0 Å². The Bertz CT molecular complexity index is 556. The second kappa shape index (κ2) is 7.27. The zero-order valence-corrected chi connectivity index (χ0v) is 15.3. The van der Waals surface area contributed by atoms with Crippen LogP contribution in [0, 0.1) is 10.8 Å². The van der Waals surface area contributed by atoms with E-state index in [1.807, 2.05) is 12.1 Å². The van der Waals surface area contributed by atoms with Crippen molar-refractivity contribution in [2.45, 2.75) is 39.5 Å². The zero-order chi connectivity index (χ0) is 17.2. The molecule has 0 radical (unpaired) electrons. The minimum absolute atomic E-state index is 0.136. The molecular weight excluding hydrogens is 327 g/mol. The molecule has 1 aromatic rings. The molecule has 24 heavy (non-hydrogen) atoms. The highest BCUT2D eigenvalue weighted by molar-refractivity contribution is 7.39. The van der Waals surface area contributed by atoms with Crippen LogP contribution in [0.15, 0.2) is 18.2 Å². The minimum atomic E-state index is -2.42. The molecule has 2 aliphatic rings. The van der Waals surface area contributed by atoms with Crippen LogP contribution in [0.25, 0.3) is 0 Å². The van der Waals surface area contributed by atoms with Gasteiger partial charge in [0.15, 0.2) is 0 Å². The van der Waals surface area contributed by atoms with Gasteiger partial charge in [-0.2, -0.15) is 0 Å². The molecule has 0 amide bonds. The average molecular weight is 354 g/mol. The van der Waals surface area contributed by atoms with E-state index in [4.69, 9.17) is 14.0 Å². The van der Waals surface area contributed by atoms with Crippen molar-refractivity contribution in [3.8, 4) is 5.75 Å². The fourth-order valence-electron chi connectivity index (χ4n) is 3.57. The van der Waals surface area contributed by atoms with Crippen LogP contribution >= 0.6 is 8.60 Å². The molecule has 0 aromatic heterocycles. The highest BCUT2D eigenvalue weighted by Crippen LogP contribution is 2.43. The molecule has 0 saturated carbocycles. The Morgan fingerprint density at radius 1 is 1.00 bits per heavy atom. The van der Waals surface area contributed by atoms with Gasteiger partial charge in [0.1, 0.15) is 5.75 Å². The van der Waals surface area contributed by atoms with Crippen LogP contribution < -0.4 is 4.52 Å². The predicted molar refractivity (Wildman–Crippen MR) is 92.9 cm³/mol. The second-order valence-corrected chi connectivity index (χ2v) is 7.97. The van der Waals surface area contributed by atoms with Gasteiger partial charge in [0.2, 0.25) is 0 Å². The van der Waals surface area contributed by atoms with E-state index in [9.17, 15) is 9.79 Å². The SMILES string of the molecule is CCC1(Cc2cccc(OP(O)O)c2CC2(CC)COC2)COC1. The minimum Gasteiger partial charge on any atom is -0.427 e. The van der Waals surface area contributed by atoms with Crippen molar-refractivity contribution in [3.05, 3.63) is 29.3 Å². The van der Waals surface area contributed by atoms with E-state index in [1.165, 1.54) is 5.56 Å². The number of rotatable bonds is 8. The molecule has 2 saturated heterocycles. The normalized spacial score (nSPS) is 21.2. The van der Waals surface area contributed by atoms with Crippen molar-refractivity contribution in [1.82, 2.24) is 0 Å². The third kappa shape index (κ3) is 3.61. The maximum Gasteiger partial charge on any atom is 0.391 e. The Labute approximate surface area is 144 Å². The van der Waals surface area contributed by atoms with E-state index in [-0.39, 0.29) is 10.8 Å². The lowest BCUT2D eigenvalue weighted by molar-refractivity contribution is -0.117. The van der Waals surface area contributed by atoms with Crippen LogP contribution in [0.4, 0.5) is 0 Å². The molecule has 6 heteroatoms. The van der Waals surface area contributed by atoms with Gasteiger partial charge in [-0.25, -0.2) is 0 Å². The quantitative estimate of drug-likeness (QED) is 0.702. The van der Waals surface area contributed by atoms with Crippen LogP contribution in [0.5, 0.6) is 5.75 Å².